The van der Waals surface area contributed by atoms with E-state index >= 15 is 13.2 Å². The van der Waals surface area contributed by atoms with Crippen LogP contribution in [0.2, 0.25) is 5.02 Å². The van der Waals surface area contributed by atoms with Gasteiger partial charge in [0.15, 0.2) is 0 Å². The molecule has 490 valence electrons. The number of halogens is 4. The van der Waals surface area contributed by atoms with Gasteiger partial charge in [-0.05, 0) is 64.0 Å². The molecule has 6 atom stereocenters. The number of H-pyrrole nitrogens is 3. The first-order chi connectivity index (χ1) is 44.9. The van der Waals surface area contributed by atoms with Crippen LogP contribution in [-0.4, -0.2) is 223 Å². The highest BCUT2D eigenvalue weighted by atomic mass is 35.5. The Morgan fingerprint density at radius 2 is 1.04 bits per heavy atom. The number of fused-ring (bicyclic) bond motifs is 3. The molecule has 7 fully saturated rings. The number of piperidine rings is 3. The van der Waals surface area contributed by atoms with E-state index in [1.54, 1.807) is 30.4 Å². The molecule has 1 saturated carbocycles. The minimum absolute atomic E-state index is 0.224. The predicted octanol–water partition coefficient (Wildman–Crippen LogP) is 10.3. The van der Waals surface area contributed by atoms with Crippen molar-refractivity contribution in [2.24, 2.45) is 0 Å². The van der Waals surface area contributed by atoms with Crippen LogP contribution in [0, 0.1) is 20.8 Å². The van der Waals surface area contributed by atoms with E-state index in [-0.39, 0.29) is 18.1 Å². The summed E-state index contributed by atoms with van der Waals surface area (Å²) in [5.74, 6) is 0. The molecule has 16 rings (SSSR count). The highest BCUT2D eigenvalue weighted by molar-refractivity contribution is 6.36. The van der Waals surface area contributed by atoms with E-state index < -0.39 is 18.5 Å². The second-order valence-corrected chi connectivity index (χ2v) is 26.3. The third-order valence-corrected chi connectivity index (χ3v) is 20.5. The molecule has 6 saturated heterocycles. The van der Waals surface area contributed by atoms with Crippen molar-refractivity contribution >= 4 is 61.8 Å². The zero-order valence-electron chi connectivity index (χ0n) is 53.0. The van der Waals surface area contributed by atoms with E-state index in [4.69, 9.17) is 30.5 Å². The zero-order valence-corrected chi connectivity index (χ0v) is 53.7. The molecule has 9 aromatic heterocycles. The van der Waals surface area contributed by atoms with Gasteiger partial charge in [-0.15, -0.1) is 0 Å². The molecule has 0 aromatic carbocycles. The number of hydrogen-bond donors (Lipinski definition) is 6. The van der Waals surface area contributed by atoms with E-state index in [0.717, 1.165) is 154 Å². The molecule has 22 nitrogen and oxygen atoms in total. The van der Waals surface area contributed by atoms with Crippen molar-refractivity contribution in [1.82, 2.24) is 73.9 Å². The van der Waals surface area contributed by atoms with E-state index in [9.17, 15) is 0 Å². The highest BCUT2D eigenvalue weighted by Crippen LogP contribution is 2.42. The van der Waals surface area contributed by atoms with Crippen molar-refractivity contribution in [3.05, 3.63) is 90.0 Å². The third kappa shape index (κ3) is 12.3. The van der Waals surface area contributed by atoms with Gasteiger partial charge in [-0.1, -0.05) is 24.4 Å². The standard InChI is InChI=1S/C24H31FN6O.C21H26ClFN6O2.C21H27FN6O/c1-15-8-26-24-22(15)23(29-17-4-2-3-5-17)19(10-27-24)16-9-28-31(11-16)21-6-7-30(12-20(21)25)18-13-32-14-18;1-30-5-3-24-20-15(7-25-21-19(20)16(22)8-26-21)13-6-27-29(9-13)18-2-4-28(10-17(18)23)14-11-31-12-14;1-12-6-24-21-19(12)20(23-3)16(7-25-21)15-8-26-28(13(15)2)18-4-5-27(9-17(18)22)14-10-29-11-14/h8-11,17-18,20-21H,2-7,12-14H2,1H3,(H2,26,27,29);6-9,14,17-18H,2-5,10-12H2,1H3,(H2,24,25,26);6-8,14,17-18H,4-5,9-11H2,1-3H3,(H2,23,24,25)/t20-,21-;2*17-,18-/m000/s1. The Kier molecular flexibility index (Phi) is 18.4. The largest absolute Gasteiger partial charge is 0.387 e. The van der Waals surface area contributed by atoms with Gasteiger partial charge in [0.1, 0.15) is 35.5 Å². The molecule has 0 unspecified atom stereocenters. The van der Waals surface area contributed by atoms with Crippen molar-refractivity contribution in [3.8, 4) is 33.4 Å². The van der Waals surface area contributed by atoms with E-state index in [1.807, 2.05) is 72.9 Å². The maximum atomic E-state index is 15.1. The molecule has 26 heteroatoms. The van der Waals surface area contributed by atoms with Gasteiger partial charge in [0.25, 0.3) is 0 Å². The maximum absolute atomic E-state index is 15.1. The fraction of sp³-hybridized carbons (Fsp3) is 0.545. The van der Waals surface area contributed by atoms with E-state index in [1.165, 1.54) is 31.2 Å². The molecule has 7 aliphatic rings. The van der Waals surface area contributed by atoms with Gasteiger partial charge in [0.05, 0.1) is 129 Å². The smallest absolute Gasteiger partial charge is 0.140 e. The first-order valence-corrected chi connectivity index (χ1v) is 33.1. The Morgan fingerprint density at radius 3 is 1.53 bits per heavy atom. The van der Waals surface area contributed by atoms with Crippen molar-refractivity contribution < 1.29 is 32.1 Å². The SMILES string of the molecule is CNc1c(-c2cnn([C@H]3CCN(C4COC4)C[C@@H]3F)c2C)cnc2[nH]cc(C)c12.COCCNc1c(-c2cnn([C@H]3CCN(C4COC4)C[C@@H]3F)c2)cnc2[nH]cc(Cl)c12.Cc1c[nH]c2ncc(-c3cnn([C@H]4CCN(C5COC5)C[C@@H]4F)c3)c(NC3CCCC3)c12. The van der Waals surface area contributed by atoms with Crippen molar-refractivity contribution in [3.63, 3.8) is 0 Å². The number of anilines is 3. The molecular weight excluding hydrogens is 1200 g/mol. The number of pyridine rings is 3. The van der Waals surface area contributed by atoms with Gasteiger partial charge >= 0.3 is 0 Å². The molecule has 0 radical (unpaired) electrons. The van der Waals surface area contributed by atoms with Crippen LogP contribution in [-0.2, 0) is 18.9 Å². The van der Waals surface area contributed by atoms with Crippen molar-refractivity contribution in [2.75, 3.05) is 122 Å². The minimum atomic E-state index is -0.971. The van der Waals surface area contributed by atoms with Crippen LogP contribution in [0.4, 0.5) is 30.2 Å². The van der Waals surface area contributed by atoms with Crippen LogP contribution in [0.15, 0.2) is 68.2 Å². The average molecular weight is 1290 g/mol. The summed E-state index contributed by atoms with van der Waals surface area (Å²) < 4.78 is 71.7. The van der Waals surface area contributed by atoms with Gasteiger partial charge in [-0.25, -0.2) is 28.1 Å². The van der Waals surface area contributed by atoms with Crippen LogP contribution in [0.3, 0.4) is 0 Å². The summed E-state index contributed by atoms with van der Waals surface area (Å²) in [5, 5.41) is 27.9. The summed E-state index contributed by atoms with van der Waals surface area (Å²) in [6.07, 6.45) is 25.0. The lowest BCUT2D eigenvalue weighted by molar-refractivity contribution is -0.0848. The first-order valence-electron chi connectivity index (χ1n) is 32.7. The number of alkyl halides is 3. The Bertz CT molecular complexity index is 4000. The average Bonchev–Trinajstić information content (AvgIpc) is 1.61. The first kappa shape index (κ1) is 62.4. The van der Waals surface area contributed by atoms with Gasteiger partial charge in [-0.2, -0.15) is 15.3 Å². The number of hydrogen-bond acceptors (Lipinski definition) is 16. The third-order valence-electron chi connectivity index (χ3n) is 20.2. The van der Waals surface area contributed by atoms with Crippen LogP contribution in [0.5, 0.6) is 0 Å². The second kappa shape index (κ2) is 27.1. The summed E-state index contributed by atoms with van der Waals surface area (Å²) >= 11 is 6.43. The predicted molar refractivity (Wildman–Crippen MR) is 351 cm³/mol. The Morgan fingerprint density at radius 1 is 0.565 bits per heavy atom. The fourth-order valence-electron chi connectivity index (χ4n) is 14.6. The Hall–Kier alpha value is -7.10. The number of rotatable bonds is 16. The van der Waals surface area contributed by atoms with Crippen molar-refractivity contribution in [2.45, 2.75) is 127 Å². The summed E-state index contributed by atoms with van der Waals surface area (Å²) in [5.41, 5.74) is 14.5. The molecule has 92 heavy (non-hydrogen) atoms. The molecule has 6 aliphatic heterocycles. The summed E-state index contributed by atoms with van der Waals surface area (Å²) in [6.45, 7) is 15.6. The summed E-state index contributed by atoms with van der Waals surface area (Å²) in [7, 11) is 3.58. The second-order valence-electron chi connectivity index (χ2n) is 25.9. The molecule has 15 heterocycles. The summed E-state index contributed by atoms with van der Waals surface area (Å²) in [6, 6.07) is 0.875. The van der Waals surface area contributed by atoms with Crippen LogP contribution < -0.4 is 16.0 Å². The lowest BCUT2D eigenvalue weighted by atomic mass is 9.99. The lowest BCUT2D eigenvalue weighted by Gasteiger charge is -2.42. The minimum Gasteiger partial charge on any atom is -0.387 e. The molecule has 0 amide bonds. The maximum Gasteiger partial charge on any atom is 0.140 e. The van der Waals surface area contributed by atoms with Gasteiger partial charge in [0.2, 0.25) is 0 Å². The number of likely N-dealkylation sites (tertiary alicyclic amines) is 3. The molecule has 0 spiro atoms. The number of nitrogens with one attached hydrogen (secondary N) is 6. The lowest BCUT2D eigenvalue weighted by Crippen LogP contribution is -2.55. The van der Waals surface area contributed by atoms with Gasteiger partial charge in [-0.3, -0.25) is 28.7 Å². The normalized spacial score (nSPS) is 23.9. The molecule has 9 aromatic rings. The molecule has 0 bridgehead atoms. The monoisotopic (exact) mass is 1280 g/mol. The van der Waals surface area contributed by atoms with E-state index in [2.05, 4.69) is 89.7 Å². The number of methoxy groups -OCH3 is 1. The van der Waals surface area contributed by atoms with Crippen LogP contribution in [0.25, 0.3) is 66.5 Å². The number of aromatic nitrogens is 12. The molecule has 6 N–H and O–H groups in total. The van der Waals surface area contributed by atoms with Crippen LogP contribution >= 0.6 is 11.6 Å². The van der Waals surface area contributed by atoms with E-state index in [0.29, 0.717) is 80.8 Å². The quantitative estimate of drug-likeness (QED) is 0.0495. The topological polar surface area (TPSA) is 222 Å². The summed E-state index contributed by atoms with van der Waals surface area (Å²) in [4.78, 5) is 30.0. The highest BCUT2D eigenvalue weighted by Gasteiger charge is 2.40. The van der Waals surface area contributed by atoms with Gasteiger partial charge in [0, 0.05) is 165 Å². The Labute approximate surface area is 537 Å². The number of nitrogens with zero attached hydrogens (tertiary/aromatic N) is 12. The number of aromatic amines is 3. The number of ether oxygens (including phenoxy) is 4. The van der Waals surface area contributed by atoms with Crippen molar-refractivity contribution in [1.29, 1.82) is 0 Å². The Balaban J connectivity index is 0.000000120. The fourth-order valence-corrected chi connectivity index (χ4v) is 14.8. The number of aryl methyl sites for hydroxylation is 2. The molecular formula is C66H84ClF3N18O4. The van der Waals surface area contributed by atoms with Gasteiger partial charge < -0.3 is 49.8 Å². The molecule has 1 aliphatic carbocycles. The van der Waals surface area contributed by atoms with Crippen LogP contribution in [0.1, 0.15) is 79.9 Å². The zero-order chi connectivity index (χ0) is 63.1.